The van der Waals surface area contributed by atoms with Gasteiger partial charge in [0.15, 0.2) is 0 Å². The summed E-state index contributed by atoms with van der Waals surface area (Å²) in [5.74, 6) is -5.49. The Morgan fingerprint density at radius 1 is 1.04 bits per heavy atom. The Balaban J connectivity index is 2.48. The van der Waals surface area contributed by atoms with Gasteiger partial charge in [0.05, 0.1) is 7.11 Å². The summed E-state index contributed by atoms with van der Waals surface area (Å²) in [6.45, 7) is 4.31. The minimum Gasteiger partial charge on any atom is -0.497 e. The van der Waals surface area contributed by atoms with Crippen molar-refractivity contribution in [2.45, 2.75) is 26.4 Å². The van der Waals surface area contributed by atoms with Gasteiger partial charge < -0.3 is 9.47 Å². The molecule has 150 valence electrons. The van der Waals surface area contributed by atoms with E-state index in [1.807, 2.05) is 0 Å². The Morgan fingerprint density at radius 3 is 2.18 bits per heavy atom. The first-order valence-corrected chi connectivity index (χ1v) is 8.34. The molecule has 28 heavy (non-hydrogen) atoms. The lowest BCUT2D eigenvalue weighted by Crippen LogP contribution is -2.39. The van der Waals surface area contributed by atoms with Crippen LogP contribution in [0.4, 0.5) is 18.9 Å². The fourth-order valence-corrected chi connectivity index (χ4v) is 2.44. The first kappa shape index (κ1) is 21.3. The molecule has 0 heterocycles. The van der Waals surface area contributed by atoms with E-state index in [1.54, 1.807) is 32.9 Å². The van der Waals surface area contributed by atoms with Crippen molar-refractivity contribution in [3.63, 3.8) is 0 Å². The highest BCUT2D eigenvalue weighted by Gasteiger charge is 2.29. The van der Waals surface area contributed by atoms with E-state index < -0.39 is 47.0 Å². The van der Waals surface area contributed by atoms with Crippen molar-refractivity contribution < 1.29 is 32.2 Å². The molecule has 5 nitrogen and oxygen atoms in total. The molecule has 0 radical (unpaired) electrons. The summed E-state index contributed by atoms with van der Waals surface area (Å²) in [5, 5.41) is 0. The molecule has 0 aliphatic rings. The Kier molecular flexibility index (Phi) is 6.33. The van der Waals surface area contributed by atoms with Crippen LogP contribution in [-0.4, -0.2) is 31.1 Å². The topological polar surface area (TPSA) is 55.8 Å². The summed E-state index contributed by atoms with van der Waals surface area (Å²) in [6, 6.07) is 6.81. The molecule has 0 saturated carbocycles. The van der Waals surface area contributed by atoms with Crippen LogP contribution in [0.3, 0.4) is 0 Å². The smallest absolute Gasteiger partial charge is 0.326 e. The predicted octanol–water partition coefficient (Wildman–Crippen LogP) is 4.10. The predicted molar refractivity (Wildman–Crippen MR) is 96.8 cm³/mol. The molecule has 0 unspecified atom stereocenters. The number of carbonyl (C=O) groups is 2. The summed E-state index contributed by atoms with van der Waals surface area (Å²) in [6.07, 6.45) is 0. The van der Waals surface area contributed by atoms with E-state index in [0.717, 1.165) is 4.90 Å². The summed E-state index contributed by atoms with van der Waals surface area (Å²) >= 11 is 0. The van der Waals surface area contributed by atoms with Gasteiger partial charge in [-0.25, -0.2) is 13.2 Å². The average Bonchev–Trinajstić information content (AvgIpc) is 2.57. The summed E-state index contributed by atoms with van der Waals surface area (Å²) < 4.78 is 51.7. The Hall–Kier alpha value is -3.03. The second kappa shape index (κ2) is 8.33. The second-order valence-corrected chi connectivity index (χ2v) is 6.92. The van der Waals surface area contributed by atoms with Gasteiger partial charge >= 0.3 is 5.97 Å². The number of benzene rings is 2. The molecular formula is C20H20F3NO4. The van der Waals surface area contributed by atoms with Crippen LogP contribution in [0.2, 0.25) is 0 Å². The van der Waals surface area contributed by atoms with Crippen molar-refractivity contribution >= 4 is 17.6 Å². The fourth-order valence-electron chi connectivity index (χ4n) is 2.44. The molecule has 1 amide bonds. The highest BCUT2D eigenvalue weighted by Crippen LogP contribution is 2.25. The lowest BCUT2D eigenvalue weighted by molar-refractivity contribution is -0.152. The van der Waals surface area contributed by atoms with Crippen molar-refractivity contribution in [2.75, 3.05) is 18.6 Å². The molecule has 0 fully saturated rings. The van der Waals surface area contributed by atoms with Gasteiger partial charge in [-0.15, -0.1) is 0 Å². The maximum absolute atomic E-state index is 14.1. The Labute approximate surface area is 160 Å². The maximum atomic E-state index is 14.1. The van der Waals surface area contributed by atoms with Gasteiger partial charge in [0.1, 0.15) is 40.9 Å². The molecule has 0 saturated heterocycles. The lowest BCUT2D eigenvalue weighted by atomic mass is 10.1. The summed E-state index contributed by atoms with van der Waals surface area (Å²) in [5.41, 5.74) is -1.65. The maximum Gasteiger partial charge on any atom is 0.326 e. The van der Waals surface area contributed by atoms with Crippen LogP contribution in [0.5, 0.6) is 5.75 Å². The van der Waals surface area contributed by atoms with Gasteiger partial charge in [-0.3, -0.25) is 14.5 Å². The number of halogens is 3. The number of hydrogen-bond acceptors (Lipinski definition) is 4. The van der Waals surface area contributed by atoms with Crippen molar-refractivity contribution in [3.05, 3.63) is 59.4 Å². The Morgan fingerprint density at radius 2 is 1.64 bits per heavy atom. The molecule has 0 aromatic heterocycles. The van der Waals surface area contributed by atoms with E-state index in [9.17, 15) is 22.8 Å². The first-order valence-electron chi connectivity index (χ1n) is 8.34. The van der Waals surface area contributed by atoms with Crippen LogP contribution >= 0.6 is 0 Å². The molecule has 0 spiro atoms. The third-order valence-corrected chi connectivity index (χ3v) is 3.54. The minimum absolute atomic E-state index is 0.151. The number of anilines is 1. The van der Waals surface area contributed by atoms with Gasteiger partial charge in [-0.05, 0) is 32.9 Å². The molecule has 2 aromatic carbocycles. The molecule has 8 heteroatoms. The SMILES string of the molecule is COc1cccc(N(CC(=O)OC(C)(C)C)C(=O)c2c(F)cc(F)cc2F)c1. The molecular weight excluding hydrogens is 375 g/mol. The monoisotopic (exact) mass is 395 g/mol. The number of rotatable bonds is 5. The van der Waals surface area contributed by atoms with Gasteiger partial charge in [0.25, 0.3) is 5.91 Å². The second-order valence-electron chi connectivity index (χ2n) is 6.92. The molecule has 0 bridgehead atoms. The van der Waals surface area contributed by atoms with Crippen LogP contribution in [-0.2, 0) is 9.53 Å². The average molecular weight is 395 g/mol. The van der Waals surface area contributed by atoms with E-state index in [-0.39, 0.29) is 5.69 Å². The zero-order valence-corrected chi connectivity index (χ0v) is 15.9. The van der Waals surface area contributed by atoms with Crippen molar-refractivity contribution in [2.24, 2.45) is 0 Å². The molecule has 2 rings (SSSR count). The number of esters is 1. The van der Waals surface area contributed by atoms with Crippen molar-refractivity contribution in [3.8, 4) is 5.75 Å². The molecule has 0 atom stereocenters. The first-order chi connectivity index (χ1) is 13.0. The largest absolute Gasteiger partial charge is 0.497 e. The summed E-state index contributed by atoms with van der Waals surface area (Å²) in [4.78, 5) is 26.0. The molecule has 0 aliphatic heterocycles. The standard InChI is InChI=1S/C20H20F3NO4/c1-20(2,3)28-17(25)11-24(13-6-5-7-14(10-13)27-4)19(26)18-15(22)8-12(21)9-16(18)23/h5-10H,11H2,1-4H3. The van der Waals surface area contributed by atoms with E-state index in [4.69, 9.17) is 9.47 Å². The number of carbonyl (C=O) groups excluding carboxylic acids is 2. The number of amides is 1. The van der Waals surface area contributed by atoms with Gasteiger partial charge in [-0.2, -0.15) is 0 Å². The number of hydrogen-bond donors (Lipinski definition) is 0. The minimum atomic E-state index is -1.38. The quantitative estimate of drug-likeness (QED) is 0.716. The van der Waals surface area contributed by atoms with Gasteiger partial charge in [0, 0.05) is 23.9 Å². The highest BCUT2D eigenvalue weighted by molar-refractivity contribution is 6.08. The number of nitrogens with zero attached hydrogens (tertiary/aromatic N) is 1. The zero-order chi connectivity index (χ0) is 21.1. The third kappa shape index (κ3) is 5.25. The normalized spacial score (nSPS) is 11.1. The van der Waals surface area contributed by atoms with Crippen LogP contribution in [0.15, 0.2) is 36.4 Å². The highest BCUT2D eigenvalue weighted by atomic mass is 19.1. The van der Waals surface area contributed by atoms with Crippen molar-refractivity contribution in [1.82, 2.24) is 0 Å². The molecule has 2 aromatic rings. The van der Waals surface area contributed by atoms with Crippen LogP contribution in [0.1, 0.15) is 31.1 Å². The van der Waals surface area contributed by atoms with Gasteiger partial charge in [0.2, 0.25) is 0 Å². The summed E-state index contributed by atoms with van der Waals surface area (Å²) in [7, 11) is 1.40. The third-order valence-electron chi connectivity index (χ3n) is 3.54. The lowest BCUT2D eigenvalue weighted by Gasteiger charge is -2.26. The van der Waals surface area contributed by atoms with E-state index >= 15 is 0 Å². The molecule has 0 N–H and O–H groups in total. The molecule has 0 aliphatic carbocycles. The van der Waals surface area contributed by atoms with E-state index in [0.29, 0.717) is 17.9 Å². The number of ether oxygens (including phenoxy) is 2. The van der Waals surface area contributed by atoms with Gasteiger partial charge in [-0.1, -0.05) is 6.07 Å². The van der Waals surface area contributed by atoms with Crippen LogP contribution < -0.4 is 9.64 Å². The number of methoxy groups -OCH3 is 1. The van der Waals surface area contributed by atoms with Crippen molar-refractivity contribution in [1.29, 1.82) is 0 Å². The van der Waals surface area contributed by atoms with E-state index in [1.165, 1.54) is 19.2 Å². The Bertz CT molecular complexity index is 870. The van der Waals surface area contributed by atoms with E-state index in [2.05, 4.69) is 0 Å². The van der Waals surface area contributed by atoms with Crippen LogP contribution in [0.25, 0.3) is 0 Å². The fraction of sp³-hybridized carbons (Fsp3) is 0.300. The van der Waals surface area contributed by atoms with Crippen LogP contribution in [0, 0.1) is 17.5 Å². The zero-order valence-electron chi connectivity index (χ0n) is 15.9.